The van der Waals surface area contributed by atoms with Crippen LogP contribution in [-0.4, -0.2) is 24.1 Å². The summed E-state index contributed by atoms with van der Waals surface area (Å²) < 4.78 is 5.61. The first-order valence-electron chi connectivity index (χ1n) is 10.3. The molecule has 1 saturated carbocycles. The molecule has 1 aromatic carbocycles. The molecule has 1 aliphatic heterocycles. The van der Waals surface area contributed by atoms with Gasteiger partial charge in [0.15, 0.2) is 0 Å². The van der Waals surface area contributed by atoms with Crippen molar-refractivity contribution < 1.29 is 9.53 Å². The van der Waals surface area contributed by atoms with Gasteiger partial charge in [-0.25, -0.2) is 0 Å². The van der Waals surface area contributed by atoms with Crippen LogP contribution in [0.25, 0.3) is 0 Å². The van der Waals surface area contributed by atoms with E-state index in [9.17, 15) is 4.79 Å². The molecule has 4 rings (SSSR count). The highest BCUT2D eigenvalue weighted by Gasteiger charge is 2.60. The molecule has 0 aromatic heterocycles. The molecule has 1 heterocycles. The topological polar surface area (TPSA) is 38.7 Å². The predicted octanol–water partition coefficient (Wildman–Crippen LogP) is 5.42. The van der Waals surface area contributed by atoms with E-state index in [1.807, 2.05) is 6.07 Å². The maximum atomic E-state index is 13.7. The highest BCUT2D eigenvalue weighted by Crippen LogP contribution is 2.57. The summed E-state index contributed by atoms with van der Waals surface area (Å²) in [5.74, 6) is 1.64. The van der Waals surface area contributed by atoms with Crippen LogP contribution < -0.4 is 4.74 Å². The number of fused-ring (bicyclic) bond motifs is 2. The highest BCUT2D eigenvalue weighted by atomic mass is 16.5. The Hall–Kier alpha value is -1.90. The number of benzene rings is 1. The van der Waals surface area contributed by atoms with E-state index < -0.39 is 5.41 Å². The van der Waals surface area contributed by atoms with E-state index in [-0.39, 0.29) is 11.5 Å². The zero-order valence-electron chi connectivity index (χ0n) is 17.3. The van der Waals surface area contributed by atoms with E-state index in [4.69, 9.17) is 9.73 Å². The Kier molecular flexibility index (Phi) is 4.32. The molecule has 0 radical (unpaired) electrons. The van der Waals surface area contributed by atoms with Crippen molar-refractivity contribution in [1.29, 1.82) is 0 Å². The summed E-state index contributed by atoms with van der Waals surface area (Å²) in [4.78, 5) is 18.7. The van der Waals surface area contributed by atoms with Crippen molar-refractivity contribution in [2.75, 3.05) is 7.11 Å². The Morgan fingerprint density at radius 3 is 2.70 bits per heavy atom. The van der Waals surface area contributed by atoms with E-state index in [0.29, 0.717) is 18.1 Å². The van der Waals surface area contributed by atoms with Crippen molar-refractivity contribution >= 4 is 11.5 Å². The number of allylic oxidation sites excluding steroid dienone is 2. The first kappa shape index (κ1) is 18.5. The van der Waals surface area contributed by atoms with Crippen LogP contribution in [0.15, 0.2) is 34.8 Å². The van der Waals surface area contributed by atoms with E-state index in [1.54, 1.807) is 7.11 Å². The van der Waals surface area contributed by atoms with E-state index in [1.165, 1.54) is 24.0 Å². The molecule has 3 nitrogen and oxygen atoms in total. The Morgan fingerprint density at radius 1 is 1.19 bits per heavy atom. The summed E-state index contributed by atoms with van der Waals surface area (Å²) in [6, 6.07) is 6.26. The van der Waals surface area contributed by atoms with Gasteiger partial charge in [0.1, 0.15) is 11.5 Å². The fourth-order valence-corrected chi connectivity index (χ4v) is 6.03. The Labute approximate surface area is 162 Å². The molecule has 27 heavy (non-hydrogen) atoms. The number of carbonyl (C=O) groups excluding carboxylic acids is 1. The number of aliphatic imine (C=N–C) groups is 1. The SMILES string of the molecule is COc1ccc(C)cc1[C@H]1CC(=O)[C@@]2(C=C1C)C(C)=N[C@@]1(C)CCCC[C@@H]21. The molecule has 3 aliphatic rings. The van der Waals surface area contributed by atoms with Gasteiger partial charge in [-0.15, -0.1) is 0 Å². The van der Waals surface area contributed by atoms with Gasteiger partial charge in [-0.05, 0) is 46.6 Å². The Morgan fingerprint density at radius 2 is 1.96 bits per heavy atom. The second-order valence-electron chi connectivity index (χ2n) is 9.04. The Bertz CT molecular complexity index is 852. The summed E-state index contributed by atoms with van der Waals surface area (Å²) >= 11 is 0. The van der Waals surface area contributed by atoms with Crippen LogP contribution in [0.3, 0.4) is 0 Å². The van der Waals surface area contributed by atoms with Crippen molar-refractivity contribution in [2.24, 2.45) is 16.3 Å². The number of hydrogen-bond acceptors (Lipinski definition) is 3. The number of rotatable bonds is 2. The van der Waals surface area contributed by atoms with Crippen LogP contribution in [0.4, 0.5) is 0 Å². The third kappa shape index (κ3) is 2.61. The lowest BCUT2D eigenvalue weighted by Gasteiger charge is -2.44. The number of nitrogens with zero attached hydrogens (tertiary/aromatic N) is 1. The lowest BCUT2D eigenvalue weighted by molar-refractivity contribution is -0.127. The van der Waals surface area contributed by atoms with Crippen LogP contribution in [-0.2, 0) is 4.79 Å². The molecule has 1 aromatic rings. The quantitative estimate of drug-likeness (QED) is 0.657. The summed E-state index contributed by atoms with van der Waals surface area (Å²) in [5, 5.41) is 0. The van der Waals surface area contributed by atoms with E-state index in [0.717, 1.165) is 29.9 Å². The zero-order chi connectivity index (χ0) is 19.4. The summed E-state index contributed by atoms with van der Waals surface area (Å²) in [6.45, 7) is 8.63. The second-order valence-corrected chi connectivity index (χ2v) is 9.04. The molecule has 0 amide bonds. The van der Waals surface area contributed by atoms with Gasteiger partial charge in [-0.1, -0.05) is 42.2 Å². The predicted molar refractivity (Wildman–Crippen MR) is 110 cm³/mol. The van der Waals surface area contributed by atoms with Gasteiger partial charge < -0.3 is 4.74 Å². The number of Topliss-reactive ketones (excluding diaryl/α,β-unsaturated/α-hetero) is 1. The third-order valence-corrected chi connectivity index (χ3v) is 7.36. The van der Waals surface area contributed by atoms with Gasteiger partial charge in [-0.2, -0.15) is 0 Å². The first-order chi connectivity index (χ1) is 12.8. The summed E-state index contributed by atoms with van der Waals surface area (Å²) in [7, 11) is 1.71. The number of hydrogen-bond donors (Lipinski definition) is 0. The molecule has 4 atom stereocenters. The smallest absolute Gasteiger partial charge is 0.149 e. The molecular formula is C24H31NO2. The average Bonchev–Trinajstić information content (AvgIpc) is 2.85. The fraction of sp³-hybridized carbons (Fsp3) is 0.583. The number of ketones is 1. The van der Waals surface area contributed by atoms with Crippen LogP contribution in [0.2, 0.25) is 0 Å². The van der Waals surface area contributed by atoms with Crippen LogP contribution in [0, 0.1) is 18.3 Å². The van der Waals surface area contributed by atoms with Gasteiger partial charge in [0, 0.05) is 29.5 Å². The van der Waals surface area contributed by atoms with Gasteiger partial charge >= 0.3 is 0 Å². The molecule has 144 valence electrons. The minimum Gasteiger partial charge on any atom is -0.496 e. The molecule has 3 heteroatoms. The van der Waals surface area contributed by atoms with Gasteiger partial charge in [0.25, 0.3) is 0 Å². The molecule has 1 fully saturated rings. The second kappa shape index (κ2) is 6.32. The van der Waals surface area contributed by atoms with Gasteiger partial charge in [0.2, 0.25) is 0 Å². The maximum Gasteiger partial charge on any atom is 0.149 e. The molecule has 0 bridgehead atoms. The number of ether oxygens (including phenoxy) is 1. The minimum atomic E-state index is -0.479. The Balaban J connectivity index is 1.80. The average molecular weight is 366 g/mol. The van der Waals surface area contributed by atoms with Crippen LogP contribution >= 0.6 is 0 Å². The third-order valence-electron chi connectivity index (χ3n) is 7.36. The van der Waals surface area contributed by atoms with E-state index >= 15 is 0 Å². The molecule has 0 saturated heterocycles. The van der Waals surface area contributed by atoms with Gasteiger partial charge in [-0.3, -0.25) is 9.79 Å². The highest BCUT2D eigenvalue weighted by molar-refractivity contribution is 6.13. The van der Waals surface area contributed by atoms with Gasteiger partial charge in [0.05, 0.1) is 18.1 Å². The van der Waals surface area contributed by atoms with Crippen molar-refractivity contribution in [3.8, 4) is 5.75 Å². The number of aryl methyl sites for hydroxylation is 1. The standard InChI is InChI=1S/C24H31NO2/c1-15-9-10-20(27-5)19(12-15)18-13-22(26)24(14-16(18)2)17(3)25-23(4)11-7-6-8-21(23)24/h9-10,12,14,18,21H,6-8,11,13H2,1-5H3/t18-,21+,23-,24-/m0/s1. The molecule has 0 unspecified atom stereocenters. The molecule has 1 spiro atoms. The maximum absolute atomic E-state index is 13.7. The largest absolute Gasteiger partial charge is 0.496 e. The number of carbonyl (C=O) groups is 1. The lowest BCUT2D eigenvalue weighted by atomic mass is 9.56. The van der Waals surface area contributed by atoms with E-state index in [2.05, 4.69) is 45.9 Å². The summed E-state index contributed by atoms with van der Waals surface area (Å²) in [6.07, 6.45) is 7.46. The normalized spacial score (nSPS) is 35.7. The fourth-order valence-electron chi connectivity index (χ4n) is 6.03. The zero-order valence-corrected chi connectivity index (χ0v) is 17.3. The monoisotopic (exact) mass is 365 g/mol. The molecule has 0 N–H and O–H groups in total. The van der Waals surface area contributed by atoms with Crippen LogP contribution in [0.5, 0.6) is 5.75 Å². The summed E-state index contributed by atoms with van der Waals surface area (Å²) in [5.41, 5.74) is 4.10. The van der Waals surface area contributed by atoms with Crippen molar-refractivity contribution in [2.45, 2.75) is 71.3 Å². The van der Waals surface area contributed by atoms with Crippen molar-refractivity contribution in [1.82, 2.24) is 0 Å². The lowest BCUT2D eigenvalue weighted by Crippen LogP contribution is -2.49. The van der Waals surface area contributed by atoms with Crippen LogP contribution in [0.1, 0.15) is 69.9 Å². The minimum absolute atomic E-state index is 0.0668. The van der Waals surface area contributed by atoms with Crippen molar-refractivity contribution in [3.63, 3.8) is 0 Å². The molecular weight excluding hydrogens is 334 g/mol. The first-order valence-corrected chi connectivity index (χ1v) is 10.3. The van der Waals surface area contributed by atoms with Crippen molar-refractivity contribution in [3.05, 3.63) is 41.0 Å². The molecule has 2 aliphatic carbocycles. The number of methoxy groups -OCH3 is 1.